The van der Waals surface area contributed by atoms with Gasteiger partial charge in [-0.25, -0.2) is 4.98 Å². The van der Waals surface area contributed by atoms with Crippen LogP contribution in [-0.2, 0) is 0 Å². The van der Waals surface area contributed by atoms with Crippen molar-refractivity contribution >= 4 is 0 Å². The van der Waals surface area contributed by atoms with Crippen molar-refractivity contribution in [1.82, 2.24) is 14.9 Å². The van der Waals surface area contributed by atoms with Gasteiger partial charge in [-0.15, -0.1) is 0 Å². The lowest BCUT2D eigenvalue weighted by molar-refractivity contribution is 0.494. The first-order chi connectivity index (χ1) is 6.16. The fourth-order valence-electron chi connectivity index (χ4n) is 1.49. The fourth-order valence-corrected chi connectivity index (χ4v) is 1.49. The van der Waals surface area contributed by atoms with E-state index in [2.05, 4.69) is 42.6 Å². The van der Waals surface area contributed by atoms with Gasteiger partial charge in [-0.3, -0.25) is 0 Å². The first kappa shape index (κ1) is 10.3. The lowest BCUT2D eigenvalue weighted by Gasteiger charge is -2.16. The number of hydrogen-bond acceptors (Lipinski definition) is 2. The van der Waals surface area contributed by atoms with Crippen LogP contribution in [0.5, 0.6) is 0 Å². The van der Waals surface area contributed by atoms with E-state index in [4.69, 9.17) is 0 Å². The van der Waals surface area contributed by atoms with Gasteiger partial charge in [0.1, 0.15) is 5.82 Å². The highest BCUT2D eigenvalue weighted by molar-refractivity contribution is 4.99. The van der Waals surface area contributed by atoms with Gasteiger partial charge >= 0.3 is 0 Å². The molecule has 3 nitrogen and oxygen atoms in total. The molecule has 0 unspecified atom stereocenters. The number of rotatable bonds is 4. The number of nitrogens with zero attached hydrogens (tertiary/aromatic N) is 2. The molecular weight excluding hydrogens is 162 g/mol. The van der Waals surface area contributed by atoms with Gasteiger partial charge in [0.15, 0.2) is 0 Å². The van der Waals surface area contributed by atoms with Crippen molar-refractivity contribution in [3.63, 3.8) is 0 Å². The second-order valence-electron chi connectivity index (χ2n) is 3.57. The van der Waals surface area contributed by atoms with Crippen LogP contribution in [0.4, 0.5) is 0 Å². The van der Waals surface area contributed by atoms with Crippen LogP contribution in [-0.4, -0.2) is 16.1 Å². The molecule has 74 valence electrons. The lowest BCUT2D eigenvalue weighted by Crippen LogP contribution is -2.22. The molecule has 0 aliphatic heterocycles. The molecule has 0 fully saturated rings. The van der Waals surface area contributed by atoms with Gasteiger partial charge in [0, 0.05) is 18.4 Å². The van der Waals surface area contributed by atoms with Crippen molar-refractivity contribution in [3.05, 3.63) is 18.2 Å². The molecule has 1 aromatic rings. The van der Waals surface area contributed by atoms with Gasteiger partial charge in [-0.2, -0.15) is 0 Å². The third-order valence-electron chi connectivity index (χ3n) is 2.15. The Balaban J connectivity index is 2.80. The predicted octanol–water partition coefficient (Wildman–Crippen LogP) is 2.13. The molecule has 0 aliphatic carbocycles. The summed E-state index contributed by atoms with van der Waals surface area (Å²) >= 11 is 0. The van der Waals surface area contributed by atoms with E-state index in [-0.39, 0.29) is 0 Å². The van der Waals surface area contributed by atoms with Gasteiger partial charge in [-0.05, 0) is 27.3 Å². The van der Waals surface area contributed by atoms with E-state index in [1.807, 2.05) is 12.4 Å². The summed E-state index contributed by atoms with van der Waals surface area (Å²) in [4.78, 5) is 4.36. The van der Waals surface area contributed by atoms with Gasteiger partial charge in [0.05, 0.1) is 6.04 Å². The van der Waals surface area contributed by atoms with Gasteiger partial charge in [0.2, 0.25) is 0 Å². The van der Waals surface area contributed by atoms with Crippen LogP contribution in [0.15, 0.2) is 12.4 Å². The Morgan fingerprint density at radius 3 is 2.69 bits per heavy atom. The summed E-state index contributed by atoms with van der Waals surface area (Å²) in [5.41, 5.74) is 0. The molecule has 0 saturated heterocycles. The third-order valence-corrected chi connectivity index (χ3v) is 2.15. The Labute approximate surface area is 80.2 Å². The zero-order valence-corrected chi connectivity index (χ0v) is 8.91. The van der Waals surface area contributed by atoms with E-state index >= 15 is 0 Å². The summed E-state index contributed by atoms with van der Waals surface area (Å²) in [6.07, 6.45) is 3.90. The number of nitrogens with one attached hydrogen (secondary N) is 1. The first-order valence-electron chi connectivity index (χ1n) is 4.93. The summed E-state index contributed by atoms with van der Waals surface area (Å²) in [6.45, 7) is 9.57. The number of aromatic nitrogens is 2. The maximum Gasteiger partial charge on any atom is 0.125 e. The van der Waals surface area contributed by atoms with Crippen LogP contribution in [0, 0.1) is 0 Å². The van der Waals surface area contributed by atoms with Crippen molar-refractivity contribution in [3.8, 4) is 0 Å². The van der Waals surface area contributed by atoms with Crippen molar-refractivity contribution in [2.24, 2.45) is 0 Å². The Morgan fingerprint density at radius 1 is 1.46 bits per heavy atom. The molecule has 0 spiro atoms. The van der Waals surface area contributed by atoms with Crippen molar-refractivity contribution in [1.29, 1.82) is 0 Å². The van der Waals surface area contributed by atoms with E-state index in [1.54, 1.807) is 0 Å². The number of imidazole rings is 1. The maximum atomic E-state index is 4.36. The molecule has 0 radical (unpaired) electrons. The molecule has 1 N–H and O–H groups in total. The second-order valence-corrected chi connectivity index (χ2v) is 3.57. The Hall–Kier alpha value is -0.830. The van der Waals surface area contributed by atoms with Crippen molar-refractivity contribution in [2.45, 2.75) is 39.8 Å². The zero-order valence-electron chi connectivity index (χ0n) is 8.91. The van der Waals surface area contributed by atoms with E-state index in [1.165, 1.54) is 0 Å². The summed E-state index contributed by atoms with van der Waals surface area (Å²) in [5, 5.41) is 3.36. The highest BCUT2D eigenvalue weighted by Gasteiger charge is 2.11. The lowest BCUT2D eigenvalue weighted by atomic mass is 10.3. The zero-order chi connectivity index (χ0) is 9.84. The minimum absolute atomic E-state index is 0.336. The standard InChI is InChI=1S/C10H19N3/c1-5-11-9(4)10-12-6-7-13(10)8(2)3/h6-9,11H,5H2,1-4H3/t9-/m1/s1. The third kappa shape index (κ3) is 2.31. The molecule has 1 heterocycles. The van der Waals surface area contributed by atoms with Crippen LogP contribution in [0.2, 0.25) is 0 Å². The van der Waals surface area contributed by atoms with Gasteiger partial charge in [-0.1, -0.05) is 6.92 Å². The molecule has 0 aromatic carbocycles. The van der Waals surface area contributed by atoms with E-state index in [0.717, 1.165) is 12.4 Å². The summed E-state index contributed by atoms with van der Waals surface area (Å²) in [7, 11) is 0. The summed E-state index contributed by atoms with van der Waals surface area (Å²) < 4.78 is 2.20. The normalized spacial score (nSPS) is 13.6. The van der Waals surface area contributed by atoms with Gasteiger partial charge in [0.25, 0.3) is 0 Å². The molecule has 0 bridgehead atoms. The molecule has 0 aliphatic rings. The monoisotopic (exact) mass is 181 g/mol. The average molecular weight is 181 g/mol. The van der Waals surface area contributed by atoms with Crippen LogP contribution in [0.3, 0.4) is 0 Å². The summed E-state index contributed by atoms with van der Waals surface area (Å²) in [5.74, 6) is 1.12. The van der Waals surface area contributed by atoms with E-state index < -0.39 is 0 Å². The topological polar surface area (TPSA) is 29.9 Å². The molecule has 0 saturated carbocycles. The van der Waals surface area contributed by atoms with Crippen LogP contribution in [0.1, 0.15) is 45.6 Å². The summed E-state index contributed by atoms with van der Waals surface area (Å²) in [6, 6.07) is 0.820. The molecule has 3 heteroatoms. The molecule has 0 amide bonds. The largest absolute Gasteiger partial charge is 0.331 e. The predicted molar refractivity (Wildman–Crippen MR) is 54.7 cm³/mol. The smallest absolute Gasteiger partial charge is 0.125 e. The fraction of sp³-hybridized carbons (Fsp3) is 0.700. The first-order valence-corrected chi connectivity index (χ1v) is 4.93. The highest BCUT2D eigenvalue weighted by atomic mass is 15.1. The molecule has 1 atom stereocenters. The minimum atomic E-state index is 0.336. The minimum Gasteiger partial charge on any atom is -0.331 e. The number of hydrogen-bond donors (Lipinski definition) is 1. The molecule has 1 aromatic heterocycles. The Kier molecular flexibility index (Phi) is 3.48. The maximum absolute atomic E-state index is 4.36. The van der Waals surface area contributed by atoms with Crippen molar-refractivity contribution in [2.75, 3.05) is 6.54 Å². The molecule has 13 heavy (non-hydrogen) atoms. The average Bonchev–Trinajstić information content (AvgIpc) is 2.52. The van der Waals surface area contributed by atoms with Crippen molar-refractivity contribution < 1.29 is 0 Å². The van der Waals surface area contributed by atoms with Crippen LogP contribution < -0.4 is 5.32 Å². The SMILES string of the molecule is CCN[C@H](C)c1nccn1C(C)C. The van der Waals surface area contributed by atoms with Crippen LogP contribution >= 0.6 is 0 Å². The molecule has 1 rings (SSSR count). The van der Waals surface area contributed by atoms with Crippen LogP contribution in [0.25, 0.3) is 0 Å². The Bertz CT molecular complexity index is 252. The van der Waals surface area contributed by atoms with E-state index in [9.17, 15) is 0 Å². The van der Waals surface area contributed by atoms with Gasteiger partial charge < -0.3 is 9.88 Å². The highest BCUT2D eigenvalue weighted by Crippen LogP contribution is 2.14. The second kappa shape index (κ2) is 4.42. The Morgan fingerprint density at radius 2 is 2.15 bits per heavy atom. The van der Waals surface area contributed by atoms with E-state index in [0.29, 0.717) is 12.1 Å². The quantitative estimate of drug-likeness (QED) is 0.771. The molecular formula is C10H19N3.